The lowest BCUT2D eigenvalue weighted by Gasteiger charge is -2.04. The Balaban J connectivity index is 1.91. The third kappa shape index (κ3) is 4.07. The zero-order chi connectivity index (χ0) is 26.8. The van der Waals surface area contributed by atoms with Crippen LogP contribution in [0.2, 0.25) is 0 Å². The Morgan fingerprint density at radius 2 is 1.13 bits per heavy atom. The maximum Gasteiger partial charge on any atom is 0.104 e. The number of pyridine rings is 2. The van der Waals surface area contributed by atoms with Crippen LogP contribution >= 0.6 is 0 Å². The molecule has 0 bridgehead atoms. The molecule has 6 aromatic rings. The van der Waals surface area contributed by atoms with E-state index >= 15 is 0 Å². The number of aryl methyl sites for hydroxylation is 1. The van der Waals surface area contributed by atoms with Crippen LogP contribution in [-0.4, -0.2) is 19.9 Å². The van der Waals surface area contributed by atoms with Crippen LogP contribution in [0.3, 0.4) is 0 Å². The molecule has 0 saturated heterocycles. The zero-order valence-electron chi connectivity index (χ0n) is 21.1. The minimum atomic E-state index is 0.416. The van der Waals surface area contributed by atoms with Gasteiger partial charge in [0.05, 0.1) is 33.5 Å². The van der Waals surface area contributed by atoms with E-state index in [1.165, 1.54) is 0 Å². The fourth-order valence-electron chi connectivity index (χ4n) is 5.01. The summed E-state index contributed by atoms with van der Waals surface area (Å²) in [6.45, 7) is 2.05. The Morgan fingerprint density at radius 3 is 1.67 bits per heavy atom. The van der Waals surface area contributed by atoms with Gasteiger partial charge < -0.3 is 9.97 Å². The second kappa shape index (κ2) is 9.97. The van der Waals surface area contributed by atoms with Crippen LogP contribution in [0, 0.1) is 29.6 Å². The second-order valence-electron chi connectivity index (χ2n) is 9.08. The van der Waals surface area contributed by atoms with E-state index in [9.17, 15) is 10.5 Å². The van der Waals surface area contributed by atoms with E-state index < -0.39 is 0 Å². The molecule has 2 aromatic carbocycles. The molecule has 0 aliphatic heterocycles. The minimum absolute atomic E-state index is 0.416. The van der Waals surface area contributed by atoms with E-state index in [0.29, 0.717) is 33.2 Å². The summed E-state index contributed by atoms with van der Waals surface area (Å²) >= 11 is 0. The highest BCUT2D eigenvalue weighted by Crippen LogP contribution is 2.32. The second-order valence-corrected chi connectivity index (χ2v) is 9.08. The highest BCUT2D eigenvalue weighted by Gasteiger charge is 2.22. The number of aromatic amines is 2. The van der Waals surface area contributed by atoms with E-state index in [2.05, 4.69) is 32.1 Å². The third-order valence-electron chi connectivity index (χ3n) is 6.79. The van der Waals surface area contributed by atoms with Gasteiger partial charge in [0, 0.05) is 28.7 Å². The fourth-order valence-corrected chi connectivity index (χ4v) is 5.01. The summed E-state index contributed by atoms with van der Waals surface area (Å²) in [5.41, 5.74) is 6.56. The molecular weight excluding hydrogens is 480 g/mol. The number of nitrogens with one attached hydrogen (secondary N) is 2. The number of aromatic nitrogens is 4. The molecule has 184 valence electrons. The van der Waals surface area contributed by atoms with Crippen molar-refractivity contribution < 1.29 is 0 Å². The van der Waals surface area contributed by atoms with Crippen LogP contribution in [0.5, 0.6) is 0 Å². The number of hydrogen-bond donors (Lipinski definition) is 2. The van der Waals surface area contributed by atoms with Crippen LogP contribution in [0.4, 0.5) is 0 Å². The van der Waals surface area contributed by atoms with Gasteiger partial charge in [-0.2, -0.15) is 10.5 Å². The van der Waals surface area contributed by atoms with Crippen molar-refractivity contribution in [2.75, 3.05) is 0 Å². The predicted octanol–water partition coefficient (Wildman–Crippen LogP) is 5.37. The van der Waals surface area contributed by atoms with Crippen LogP contribution < -0.4 is 10.7 Å². The first-order valence-electron chi connectivity index (χ1n) is 12.5. The molecule has 2 N–H and O–H groups in total. The number of H-pyrrole nitrogens is 2. The standard InChI is InChI=1S/C33H22N6/c1-21-11-5-6-14-23(21)31-29-28(32(39-31)24(19-34)26-15-7-9-17-36-26)30(22-12-3-2-4-13-22)38-33(29)25(20-35)27-16-8-10-18-37-27/h2-18,38-39H,1H3/b32-24-,33-25-. The molecule has 6 heteroatoms. The number of fused-ring (bicyclic) bond motifs is 1. The average Bonchev–Trinajstić information content (AvgIpc) is 3.56. The number of rotatable bonds is 4. The third-order valence-corrected chi connectivity index (χ3v) is 6.79. The molecule has 0 atom stereocenters. The Bertz CT molecular complexity index is 1960. The van der Waals surface area contributed by atoms with Gasteiger partial charge in [0.2, 0.25) is 0 Å². The first kappa shape index (κ1) is 23.7. The molecule has 0 amide bonds. The van der Waals surface area contributed by atoms with Gasteiger partial charge in [-0.15, -0.1) is 0 Å². The number of nitrogens with zero attached hydrogens (tertiary/aromatic N) is 4. The topological polar surface area (TPSA) is 105 Å². The maximum absolute atomic E-state index is 10.4. The van der Waals surface area contributed by atoms with Crippen molar-refractivity contribution in [3.8, 4) is 34.7 Å². The van der Waals surface area contributed by atoms with Crippen LogP contribution in [-0.2, 0) is 0 Å². The lowest BCUT2D eigenvalue weighted by Crippen LogP contribution is -2.11. The molecule has 0 aliphatic carbocycles. The molecule has 6 nitrogen and oxygen atoms in total. The smallest absolute Gasteiger partial charge is 0.104 e. The molecular formula is C33H22N6. The van der Waals surface area contributed by atoms with Gasteiger partial charge in [-0.3, -0.25) is 9.97 Å². The highest BCUT2D eigenvalue weighted by molar-refractivity contribution is 6.07. The molecule has 4 aromatic heterocycles. The Morgan fingerprint density at radius 1 is 0.615 bits per heavy atom. The predicted molar refractivity (Wildman–Crippen MR) is 152 cm³/mol. The van der Waals surface area contributed by atoms with E-state index in [-0.39, 0.29) is 0 Å². The maximum atomic E-state index is 10.4. The van der Waals surface area contributed by atoms with Crippen molar-refractivity contribution in [2.45, 2.75) is 6.92 Å². The van der Waals surface area contributed by atoms with Crippen molar-refractivity contribution in [3.63, 3.8) is 0 Å². The fraction of sp³-hybridized carbons (Fsp3) is 0.0303. The summed E-state index contributed by atoms with van der Waals surface area (Å²) in [6, 6.07) is 33.8. The number of nitriles is 2. The summed E-state index contributed by atoms with van der Waals surface area (Å²) in [6.07, 6.45) is 3.36. The van der Waals surface area contributed by atoms with Gasteiger partial charge in [-0.25, -0.2) is 0 Å². The number of benzene rings is 2. The lowest BCUT2D eigenvalue weighted by atomic mass is 10.0. The summed E-state index contributed by atoms with van der Waals surface area (Å²) in [5.74, 6) is 0. The average molecular weight is 503 g/mol. The van der Waals surface area contributed by atoms with E-state index in [1.807, 2.05) is 97.9 Å². The largest absolute Gasteiger partial charge is 0.353 e. The monoisotopic (exact) mass is 502 g/mol. The van der Waals surface area contributed by atoms with Crippen molar-refractivity contribution in [2.24, 2.45) is 0 Å². The molecule has 39 heavy (non-hydrogen) atoms. The Labute approximate surface area is 224 Å². The van der Waals surface area contributed by atoms with Crippen LogP contribution in [0.25, 0.3) is 44.4 Å². The minimum Gasteiger partial charge on any atom is -0.353 e. The van der Waals surface area contributed by atoms with Gasteiger partial charge >= 0.3 is 0 Å². The van der Waals surface area contributed by atoms with Crippen molar-refractivity contribution >= 4 is 21.9 Å². The first-order chi connectivity index (χ1) is 19.2. The number of hydrogen-bond acceptors (Lipinski definition) is 4. The molecule has 0 unspecified atom stereocenters. The SMILES string of the molecule is Cc1ccccc1-c1[nH]/c(=C(/C#N)c2ccccn2)c2c(-c3ccccc3)[nH]/c(=C(/C#N)c3ccccn3)c12. The highest BCUT2D eigenvalue weighted by atomic mass is 14.8. The van der Waals surface area contributed by atoms with Gasteiger partial charge in [0.1, 0.15) is 23.3 Å². The quantitative estimate of drug-likeness (QED) is 0.338. The van der Waals surface area contributed by atoms with Crippen molar-refractivity contribution in [1.82, 2.24) is 19.9 Å². The molecule has 0 spiro atoms. The normalized spacial score (nSPS) is 12.5. The molecule has 0 aliphatic rings. The lowest BCUT2D eigenvalue weighted by molar-refractivity contribution is 1.23. The Hall–Kier alpha value is -5.72. The van der Waals surface area contributed by atoms with Crippen LogP contribution in [0.1, 0.15) is 17.0 Å². The summed E-state index contributed by atoms with van der Waals surface area (Å²) in [4.78, 5) is 16.1. The molecule has 4 heterocycles. The van der Waals surface area contributed by atoms with E-state index in [1.54, 1.807) is 12.4 Å². The Kier molecular flexibility index (Phi) is 6.05. The molecule has 0 saturated carbocycles. The molecule has 0 radical (unpaired) electrons. The zero-order valence-corrected chi connectivity index (χ0v) is 21.1. The van der Waals surface area contributed by atoms with Gasteiger partial charge in [-0.1, -0.05) is 66.7 Å². The van der Waals surface area contributed by atoms with Crippen LogP contribution in [0.15, 0.2) is 103 Å². The van der Waals surface area contributed by atoms with Gasteiger partial charge in [-0.05, 0) is 42.3 Å². The van der Waals surface area contributed by atoms with Gasteiger partial charge in [0.15, 0.2) is 0 Å². The summed E-state index contributed by atoms with van der Waals surface area (Å²) < 4.78 is 0. The van der Waals surface area contributed by atoms with E-state index in [0.717, 1.165) is 38.9 Å². The van der Waals surface area contributed by atoms with Gasteiger partial charge in [0.25, 0.3) is 0 Å². The van der Waals surface area contributed by atoms with Crippen molar-refractivity contribution in [1.29, 1.82) is 10.5 Å². The van der Waals surface area contributed by atoms with E-state index in [4.69, 9.17) is 0 Å². The summed E-state index contributed by atoms with van der Waals surface area (Å²) in [7, 11) is 0. The molecule has 6 rings (SSSR count). The molecule has 0 fully saturated rings. The summed E-state index contributed by atoms with van der Waals surface area (Å²) in [5, 5.41) is 23.7. The van der Waals surface area contributed by atoms with Crippen molar-refractivity contribution in [3.05, 3.63) is 131 Å². The first-order valence-corrected chi connectivity index (χ1v) is 12.5.